The van der Waals surface area contributed by atoms with Gasteiger partial charge in [-0.25, -0.2) is 0 Å². The van der Waals surface area contributed by atoms with Crippen LogP contribution in [-0.2, 0) is 0 Å². The minimum absolute atomic E-state index is 1.09. The first kappa shape index (κ1) is 37.3. The van der Waals surface area contributed by atoms with Crippen molar-refractivity contribution in [1.82, 2.24) is 4.57 Å². The molecule has 0 atom stereocenters. The van der Waals surface area contributed by atoms with Gasteiger partial charge in [-0.3, -0.25) is 0 Å². The van der Waals surface area contributed by atoms with Crippen LogP contribution >= 0.6 is 0 Å². The molecule has 2 heteroatoms. The Morgan fingerprint density at radius 2 is 0.781 bits per heavy atom. The normalized spacial score (nSPS) is 11.4. The van der Waals surface area contributed by atoms with Crippen molar-refractivity contribution in [2.45, 2.75) is 0 Å². The number of aromatic nitrogens is 1. The molecule has 0 saturated heterocycles. The van der Waals surface area contributed by atoms with E-state index in [0.717, 1.165) is 28.3 Å². The summed E-state index contributed by atoms with van der Waals surface area (Å²) in [4.78, 5) is 2.39. The molecular weight excluding hydrogens is 773 g/mol. The summed E-state index contributed by atoms with van der Waals surface area (Å²) < 4.78 is 2.44. The van der Waals surface area contributed by atoms with Gasteiger partial charge in [0.05, 0.1) is 11.0 Å². The minimum Gasteiger partial charge on any atom is -0.310 e. The number of benzene rings is 11. The maximum absolute atomic E-state index is 2.44. The Bertz CT molecular complexity index is 3620. The Labute approximate surface area is 373 Å². The number of nitrogens with zero attached hydrogens (tertiary/aromatic N) is 2. The van der Waals surface area contributed by atoms with E-state index in [1.165, 1.54) is 82.3 Å². The fraction of sp³-hybridized carbons (Fsp3) is 0. The lowest BCUT2D eigenvalue weighted by Crippen LogP contribution is -2.10. The molecule has 0 spiro atoms. The van der Waals surface area contributed by atoms with Gasteiger partial charge >= 0.3 is 0 Å². The number of fused-ring (bicyclic) bond motifs is 6. The van der Waals surface area contributed by atoms with Crippen molar-refractivity contribution < 1.29 is 0 Å². The second-order valence-corrected chi connectivity index (χ2v) is 16.5. The van der Waals surface area contributed by atoms with E-state index in [4.69, 9.17) is 0 Å². The molecule has 300 valence electrons. The van der Waals surface area contributed by atoms with Gasteiger partial charge in [-0.2, -0.15) is 0 Å². The molecular formula is C62H42N2. The lowest BCUT2D eigenvalue weighted by atomic mass is 9.94. The molecule has 0 aliphatic heterocycles. The fourth-order valence-electron chi connectivity index (χ4n) is 9.72. The van der Waals surface area contributed by atoms with E-state index in [0.29, 0.717) is 0 Å². The van der Waals surface area contributed by atoms with Crippen LogP contribution < -0.4 is 4.90 Å². The van der Waals surface area contributed by atoms with Crippen molar-refractivity contribution in [3.8, 4) is 50.2 Å². The van der Waals surface area contributed by atoms with Gasteiger partial charge in [-0.15, -0.1) is 0 Å². The Balaban J connectivity index is 0.984. The topological polar surface area (TPSA) is 8.17 Å². The number of hydrogen-bond acceptors (Lipinski definition) is 1. The summed E-state index contributed by atoms with van der Waals surface area (Å²) in [6, 6.07) is 92.6. The molecule has 0 fully saturated rings. The Kier molecular flexibility index (Phi) is 9.20. The predicted molar refractivity (Wildman–Crippen MR) is 272 cm³/mol. The maximum atomic E-state index is 2.44. The van der Waals surface area contributed by atoms with Crippen molar-refractivity contribution in [3.05, 3.63) is 255 Å². The Morgan fingerprint density at radius 3 is 1.48 bits per heavy atom. The lowest BCUT2D eigenvalue weighted by Gasteiger charge is -2.26. The molecule has 12 rings (SSSR count). The van der Waals surface area contributed by atoms with Crippen LogP contribution in [-0.4, -0.2) is 4.57 Å². The average Bonchev–Trinajstić information content (AvgIpc) is 3.73. The largest absolute Gasteiger partial charge is 0.310 e. The molecule has 2 nitrogen and oxygen atoms in total. The van der Waals surface area contributed by atoms with E-state index < -0.39 is 0 Å². The maximum Gasteiger partial charge on any atom is 0.0625 e. The standard InChI is InChI=1S/C62H42N2/c1-3-15-43(16-4-1)45-33-37-52(38-34-45)63(53-39-35-46(36-40-53)44-29-31-48(32-30-44)56-27-14-19-47-17-7-9-24-55(47)56)54-23-13-20-49(41-54)59-42-50-18-8-10-25-57(50)62-61(59)58-26-11-12-28-60(58)64(62)51-21-5-2-6-22-51/h1-42H. The Morgan fingerprint density at radius 1 is 0.281 bits per heavy atom. The average molecular weight is 815 g/mol. The van der Waals surface area contributed by atoms with E-state index in [-0.39, 0.29) is 0 Å². The molecule has 0 aliphatic rings. The zero-order chi connectivity index (χ0) is 42.4. The fourth-order valence-corrected chi connectivity index (χ4v) is 9.72. The van der Waals surface area contributed by atoms with Crippen molar-refractivity contribution in [1.29, 1.82) is 0 Å². The first-order valence-corrected chi connectivity index (χ1v) is 22.0. The van der Waals surface area contributed by atoms with E-state index in [1.807, 2.05) is 0 Å². The highest BCUT2D eigenvalue weighted by Crippen LogP contribution is 2.45. The highest BCUT2D eigenvalue weighted by molar-refractivity contribution is 6.24. The summed E-state index contributed by atoms with van der Waals surface area (Å²) in [5.41, 5.74) is 16.4. The van der Waals surface area contributed by atoms with Crippen LogP contribution in [0.5, 0.6) is 0 Å². The molecule has 0 amide bonds. The quantitative estimate of drug-likeness (QED) is 0.148. The van der Waals surface area contributed by atoms with Crippen LogP contribution in [0.25, 0.3) is 93.5 Å². The third-order valence-electron chi connectivity index (χ3n) is 12.8. The third-order valence-corrected chi connectivity index (χ3v) is 12.8. The SMILES string of the molecule is c1ccc(-c2ccc(N(c3ccc(-c4ccc(-c5cccc6ccccc56)cc4)cc3)c3cccc(-c4cc5ccccc5c5c4c4ccccc4n5-c4ccccc4)c3)cc2)cc1. The molecule has 0 saturated carbocycles. The summed E-state index contributed by atoms with van der Waals surface area (Å²) in [7, 11) is 0. The van der Waals surface area contributed by atoms with E-state index in [2.05, 4.69) is 264 Å². The second-order valence-electron chi connectivity index (χ2n) is 16.5. The summed E-state index contributed by atoms with van der Waals surface area (Å²) in [6.45, 7) is 0. The molecule has 1 heterocycles. The van der Waals surface area contributed by atoms with Gasteiger partial charge in [-0.05, 0) is 121 Å². The van der Waals surface area contributed by atoms with Crippen LogP contribution in [0.4, 0.5) is 17.1 Å². The van der Waals surface area contributed by atoms with Crippen molar-refractivity contribution >= 4 is 60.4 Å². The van der Waals surface area contributed by atoms with Gasteiger partial charge < -0.3 is 9.47 Å². The molecule has 11 aromatic carbocycles. The van der Waals surface area contributed by atoms with Crippen molar-refractivity contribution in [3.63, 3.8) is 0 Å². The molecule has 0 aliphatic carbocycles. The van der Waals surface area contributed by atoms with Crippen LogP contribution in [0.1, 0.15) is 0 Å². The van der Waals surface area contributed by atoms with Gasteiger partial charge in [-0.1, -0.05) is 194 Å². The lowest BCUT2D eigenvalue weighted by molar-refractivity contribution is 1.19. The van der Waals surface area contributed by atoms with Gasteiger partial charge in [0, 0.05) is 38.9 Å². The summed E-state index contributed by atoms with van der Waals surface area (Å²) in [5, 5.41) is 7.47. The number of para-hydroxylation sites is 2. The zero-order valence-electron chi connectivity index (χ0n) is 35.1. The molecule has 0 N–H and O–H groups in total. The number of rotatable bonds is 8. The summed E-state index contributed by atoms with van der Waals surface area (Å²) >= 11 is 0. The van der Waals surface area contributed by atoms with Gasteiger partial charge in [0.25, 0.3) is 0 Å². The molecule has 0 bridgehead atoms. The van der Waals surface area contributed by atoms with Crippen LogP contribution in [0, 0.1) is 0 Å². The number of anilines is 3. The first-order chi connectivity index (χ1) is 31.7. The van der Waals surface area contributed by atoms with Crippen molar-refractivity contribution in [2.75, 3.05) is 4.90 Å². The first-order valence-electron chi connectivity index (χ1n) is 22.0. The highest BCUT2D eigenvalue weighted by Gasteiger charge is 2.21. The Hall–Kier alpha value is -8.46. The smallest absolute Gasteiger partial charge is 0.0625 e. The predicted octanol–water partition coefficient (Wildman–Crippen LogP) is 17.2. The molecule has 0 unspecified atom stereocenters. The third kappa shape index (κ3) is 6.52. The number of hydrogen-bond donors (Lipinski definition) is 0. The molecule has 64 heavy (non-hydrogen) atoms. The summed E-state index contributed by atoms with van der Waals surface area (Å²) in [6.07, 6.45) is 0. The van der Waals surface area contributed by atoms with E-state index in [1.54, 1.807) is 0 Å². The van der Waals surface area contributed by atoms with Crippen LogP contribution in [0.2, 0.25) is 0 Å². The van der Waals surface area contributed by atoms with Gasteiger partial charge in [0.2, 0.25) is 0 Å². The molecule has 12 aromatic rings. The van der Waals surface area contributed by atoms with Gasteiger partial charge in [0.1, 0.15) is 0 Å². The van der Waals surface area contributed by atoms with Crippen molar-refractivity contribution in [2.24, 2.45) is 0 Å². The molecule has 1 aromatic heterocycles. The van der Waals surface area contributed by atoms with E-state index >= 15 is 0 Å². The highest BCUT2D eigenvalue weighted by atomic mass is 15.1. The summed E-state index contributed by atoms with van der Waals surface area (Å²) in [5.74, 6) is 0. The second kappa shape index (κ2) is 15.8. The zero-order valence-corrected chi connectivity index (χ0v) is 35.1. The molecule has 0 radical (unpaired) electrons. The van der Waals surface area contributed by atoms with E-state index in [9.17, 15) is 0 Å². The van der Waals surface area contributed by atoms with Gasteiger partial charge in [0.15, 0.2) is 0 Å². The van der Waals surface area contributed by atoms with Crippen LogP contribution in [0.15, 0.2) is 255 Å². The minimum atomic E-state index is 1.09. The monoisotopic (exact) mass is 814 g/mol. The van der Waals surface area contributed by atoms with Crippen LogP contribution in [0.3, 0.4) is 0 Å².